The number of hydrogen-bond acceptors (Lipinski definition) is 2. The van der Waals surface area contributed by atoms with Crippen molar-refractivity contribution in [3.63, 3.8) is 0 Å². The fourth-order valence-corrected chi connectivity index (χ4v) is 2.22. The fourth-order valence-electron chi connectivity index (χ4n) is 2.22. The molecule has 1 aromatic carbocycles. The van der Waals surface area contributed by atoms with Crippen LogP contribution in [0.3, 0.4) is 0 Å². The predicted octanol–water partition coefficient (Wildman–Crippen LogP) is 4.15. The lowest BCUT2D eigenvalue weighted by atomic mass is 10.1. The first kappa shape index (κ1) is 14.6. The van der Waals surface area contributed by atoms with Crippen molar-refractivity contribution in [2.75, 3.05) is 11.9 Å². The Bertz CT molecular complexity index is 545. The second kappa shape index (κ2) is 6.55. The number of imidazole rings is 1. The Morgan fingerprint density at radius 1 is 1.30 bits per heavy atom. The van der Waals surface area contributed by atoms with Gasteiger partial charge < -0.3 is 9.88 Å². The summed E-state index contributed by atoms with van der Waals surface area (Å²) in [6, 6.07) is 6.77. The predicted molar refractivity (Wildman–Crippen MR) is 80.6 cm³/mol. The van der Waals surface area contributed by atoms with Crippen LogP contribution in [0.25, 0.3) is 0 Å². The minimum Gasteiger partial charge on any atom is -0.356 e. The van der Waals surface area contributed by atoms with Crippen LogP contribution in [-0.4, -0.2) is 16.1 Å². The molecule has 1 aromatic heterocycles. The van der Waals surface area contributed by atoms with Gasteiger partial charge in [-0.05, 0) is 38.0 Å². The molecule has 0 fully saturated rings. The van der Waals surface area contributed by atoms with Crippen LogP contribution in [0.15, 0.2) is 30.5 Å². The molecule has 3 nitrogen and oxygen atoms in total. The normalized spacial score (nSPS) is 12.4. The first-order valence-electron chi connectivity index (χ1n) is 7.16. The van der Waals surface area contributed by atoms with Gasteiger partial charge in [-0.25, -0.2) is 9.37 Å². The Morgan fingerprint density at radius 3 is 2.65 bits per heavy atom. The van der Waals surface area contributed by atoms with Crippen LogP contribution in [0, 0.1) is 12.7 Å². The van der Waals surface area contributed by atoms with Crippen molar-refractivity contribution < 1.29 is 4.39 Å². The van der Waals surface area contributed by atoms with Gasteiger partial charge in [0, 0.05) is 12.7 Å². The molecule has 0 saturated heterocycles. The van der Waals surface area contributed by atoms with Crippen molar-refractivity contribution in [3.05, 3.63) is 47.5 Å². The Morgan fingerprint density at radius 2 is 2.00 bits per heavy atom. The molecule has 0 saturated carbocycles. The number of unbranched alkanes of at least 4 members (excludes halogenated alkanes) is 1. The molecule has 1 atom stereocenters. The highest BCUT2D eigenvalue weighted by Crippen LogP contribution is 2.23. The number of nitrogens with one attached hydrogen (secondary N) is 1. The lowest BCUT2D eigenvalue weighted by Crippen LogP contribution is -2.12. The summed E-state index contributed by atoms with van der Waals surface area (Å²) >= 11 is 0. The molecule has 1 heterocycles. The molecule has 0 aliphatic rings. The number of rotatable bonds is 6. The van der Waals surface area contributed by atoms with E-state index in [0.29, 0.717) is 0 Å². The molecule has 108 valence electrons. The van der Waals surface area contributed by atoms with E-state index >= 15 is 0 Å². The number of aromatic nitrogens is 2. The highest BCUT2D eigenvalue weighted by Gasteiger charge is 2.13. The summed E-state index contributed by atoms with van der Waals surface area (Å²) in [7, 11) is 0. The average Bonchev–Trinajstić information content (AvgIpc) is 2.80. The molecule has 20 heavy (non-hydrogen) atoms. The Labute approximate surface area is 119 Å². The zero-order chi connectivity index (χ0) is 14.5. The molecule has 0 spiro atoms. The maximum atomic E-state index is 13.0. The summed E-state index contributed by atoms with van der Waals surface area (Å²) in [5.41, 5.74) is 2.06. The Balaban J connectivity index is 2.20. The molecular formula is C16H22FN3. The van der Waals surface area contributed by atoms with Crippen LogP contribution in [0.5, 0.6) is 0 Å². The smallest absolute Gasteiger partial charge is 0.203 e. The SMILES string of the molecule is CCCCNc1nc(C)cn1C(C)c1ccc(F)cc1. The molecule has 1 N–H and O–H groups in total. The Kier molecular flexibility index (Phi) is 4.77. The van der Waals surface area contributed by atoms with Crippen LogP contribution in [0.4, 0.5) is 10.3 Å². The number of aryl methyl sites for hydroxylation is 1. The third-order valence-electron chi connectivity index (χ3n) is 3.44. The molecule has 0 radical (unpaired) electrons. The summed E-state index contributed by atoms with van der Waals surface area (Å²) in [4.78, 5) is 4.52. The molecule has 0 aliphatic heterocycles. The van der Waals surface area contributed by atoms with Crippen molar-refractivity contribution in [3.8, 4) is 0 Å². The minimum absolute atomic E-state index is 0.126. The van der Waals surface area contributed by atoms with E-state index in [4.69, 9.17) is 0 Å². The number of benzene rings is 1. The van der Waals surface area contributed by atoms with Gasteiger partial charge in [0.2, 0.25) is 5.95 Å². The van der Waals surface area contributed by atoms with Crippen LogP contribution < -0.4 is 5.32 Å². The third-order valence-corrected chi connectivity index (χ3v) is 3.44. The van der Waals surface area contributed by atoms with Crippen molar-refractivity contribution in [1.82, 2.24) is 9.55 Å². The number of halogens is 1. The van der Waals surface area contributed by atoms with Gasteiger partial charge in [-0.3, -0.25) is 0 Å². The highest BCUT2D eigenvalue weighted by atomic mass is 19.1. The van der Waals surface area contributed by atoms with Gasteiger partial charge >= 0.3 is 0 Å². The van der Waals surface area contributed by atoms with Gasteiger partial charge in [0.05, 0.1) is 11.7 Å². The second-order valence-corrected chi connectivity index (χ2v) is 5.12. The van der Waals surface area contributed by atoms with Crippen LogP contribution in [0.2, 0.25) is 0 Å². The van der Waals surface area contributed by atoms with Crippen molar-refractivity contribution in [2.24, 2.45) is 0 Å². The van der Waals surface area contributed by atoms with E-state index in [0.717, 1.165) is 36.6 Å². The maximum absolute atomic E-state index is 13.0. The van der Waals surface area contributed by atoms with E-state index < -0.39 is 0 Å². The van der Waals surface area contributed by atoms with Crippen molar-refractivity contribution in [1.29, 1.82) is 0 Å². The summed E-state index contributed by atoms with van der Waals surface area (Å²) in [5, 5.41) is 3.37. The number of hydrogen-bond donors (Lipinski definition) is 1. The lowest BCUT2D eigenvalue weighted by Gasteiger charge is -2.17. The topological polar surface area (TPSA) is 29.9 Å². The molecule has 0 amide bonds. The van der Waals surface area contributed by atoms with E-state index in [1.807, 2.05) is 25.3 Å². The average molecular weight is 275 g/mol. The van der Waals surface area contributed by atoms with E-state index in [-0.39, 0.29) is 11.9 Å². The number of nitrogens with zero attached hydrogens (tertiary/aromatic N) is 2. The fraction of sp³-hybridized carbons (Fsp3) is 0.438. The number of anilines is 1. The molecule has 2 aromatic rings. The van der Waals surface area contributed by atoms with Crippen LogP contribution in [0.1, 0.15) is 44.0 Å². The monoisotopic (exact) mass is 275 g/mol. The molecule has 0 bridgehead atoms. The van der Waals surface area contributed by atoms with Gasteiger partial charge in [0.1, 0.15) is 5.82 Å². The summed E-state index contributed by atoms with van der Waals surface area (Å²) in [6.45, 7) is 7.17. The third kappa shape index (κ3) is 3.38. The minimum atomic E-state index is -0.205. The Hall–Kier alpha value is -1.84. The molecular weight excluding hydrogens is 253 g/mol. The zero-order valence-corrected chi connectivity index (χ0v) is 12.4. The van der Waals surface area contributed by atoms with Crippen LogP contribution >= 0.6 is 0 Å². The van der Waals surface area contributed by atoms with E-state index in [2.05, 4.69) is 28.7 Å². The van der Waals surface area contributed by atoms with Gasteiger partial charge in [-0.15, -0.1) is 0 Å². The summed E-state index contributed by atoms with van der Waals surface area (Å²) < 4.78 is 15.1. The lowest BCUT2D eigenvalue weighted by molar-refractivity contribution is 0.616. The maximum Gasteiger partial charge on any atom is 0.203 e. The van der Waals surface area contributed by atoms with Crippen molar-refractivity contribution >= 4 is 5.95 Å². The quantitative estimate of drug-likeness (QED) is 0.802. The van der Waals surface area contributed by atoms with Gasteiger partial charge in [-0.2, -0.15) is 0 Å². The van der Waals surface area contributed by atoms with Crippen LogP contribution in [-0.2, 0) is 0 Å². The highest BCUT2D eigenvalue weighted by molar-refractivity contribution is 5.32. The largest absolute Gasteiger partial charge is 0.356 e. The summed E-state index contributed by atoms with van der Waals surface area (Å²) in [5.74, 6) is 0.678. The van der Waals surface area contributed by atoms with Gasteiger partial charge in [-0.1, -0.05) is 25.5 Å². The molecule has 2 rings (SSSR count). The summed E-state index contributed by atoms with van der Waals surface area (Å²) in [6.07, 6.45) is 4.30. The van der Waals surface area contributed by atoms with Crippen molar-refractivity contribution in [2.45, 2.75) is 39.7 Å². The van der Waals surface area contributed by atoms with E-state index in [1.165, 1.54) is 12.1 Å². The van der Waals surface area contributed by atoms with E-state index in [1.54, 1.807) is 0 Å². The molecule has 0 aliphatic carbocycles. The molecule has 1 unspecified atom stereocenters. The van der Waals surface area contributed by atoms with E-state index in [9.17, 15) is 4.39 Å². The standard InChI is InChI=1S/C16H22FN3/c1-4-5-10-18-16-19-12(2)11-20(16)13(3)14-6-8-15(17)9-7-14/h6-9,11,13H,4-5,10H2,1-3H3,(H,18,19). The first-order valence-corrected chi connectivity index (χ1v) is 7.16. The zero-order valence-electron chi connectivity index (χ0n) is 12.4. The van der Waals surface area contributed by atoms with Gasteiger partial charge in [0.15, 0.2) is 0 Å². The van der Waals surface area contributed by atoms with Gasteiger partial charge in [0.25, 0.3) is 0 Å². The second-order valence-electron chi connectivity index (χ2n) is 5.12. The first-order chi connectivity index (χ1) is 9.61. The molecule has 4 heteroatoms.